The van der Waals surface area contributed by atoms with Gasteiger partial charge >= 0.3 is 5.97 Å². The zero-order valence-electron chi connectivity index (χ0n) is 11.4. The predicted molar refractivity (Wildman–Crippen MR) is 69.4 cm³/mol. The molecule has 0 aliphatic carbocycles. The number of carboxylic acid groups (broad SMARTS) is 1. The molecule has 1 amide bonds. The second-order valence-electron chi connectivity index (χ2n) is 4.85. The van der Waals surface area contributed by atoms with Crippen LogP contribution >= 0.6 is 0 Å². The minimum absolute atomic E-state index is 0.00907. The molecule has 1 saturated heterocycles. The molecule has 0 aromatic carbocycles. The zero-order chi connectivity index (χ0) is 13.5. The van der Waals surface area contributed by atoms with Crippen LogP contribution in [0.5, 0.6) is 0 Å². The fraction of sp³-hybridized carbons (Fsp3) is 0.846. The number of rotatable bonds is 7. The standard InChI is InChI=1S/C13H24N2O3/c1-3-7-14-9-5-6-11(14)13(18)15(8-4-2)10-12(16)17/h11H,3-10H2,1-2H3,(H,16,17). The molecule has 104 valence electrons. The maximum absolute atomic E-state index is 12.4. The Morgan fingerprint density at radius 1 is 1.33 bits per heavy atom. The van der Waals surface area contributed by atoms with E-state index in [1.165, 1.54) is 4.90 Å². The van der Waals surface area contributed by atoms with Crippen LogP contribution in [0, 0.1) is 0 Å². The summed E-state index contributed by atoms with van der Waals surface area (Å²) in [7, 11) is 0. The van der Waals surface area contributed by atoms with Gasteiger partial charge in [0.2, 0.25) is 5.91 Å². The Morgan fingerprint density at radius 3 is 2.61 bits per heavy atom. The first-order chi connectivity index (χ1) is 8.60. The van der Waals surface area contributed by atoms with Gasteiger partial charge in [0, 0.05) is 6.54 Å². The van der Waals surface area contributed by atoms with Gasteiger partial charge in [-0.25, -0.2) is 0 Å². The molecule has 1 aliphatic heterocycles. The van der Waals surface area contributed by atoms with Crippen LogP contribution in [0.3, 0.4) is 0 Å². The van der Waals surface area contributed by atoms with Crippen LogP contribution in [0.1, 0.15) is 39.5 Å². The fourth-order valence-corrected chi connectivity index (χ4v) is 2.57. The lowest BCUT2D eigenvalue weighted by Crippen LogP contribution is -2.47. The molecular weight excluding hydrogens is 232 g/mol. The predicted octanol–water partition coefficient (Wildman–Crippen LogP) is 1.18. The van der Waals surface area contributed by atoms with Crippen molar-refractivity contribution in [3.8, 4) is 0 Å². The number of carbonyl (C=O) groups is 2. The van der Waals surface area contributed by atoms with E-state index in [2.05, 4.69) is 11.8 Å². The summed E-state index contributed by atoms with van der Waals surface area (Å²) in [6.45, 7) is 6.28. The number of amides is 1. The third-order valence-electron chi connectivity index (χ3n) is 3.29. The summed E-state index contributed by atoms with van der Waals surface area (Å²) < 4.78 is 0. The average molecular weight is 256 g/mol. The Kier molecular flexibility index (Phi) is 6.12. The third-order valence-corrected chi connectivity index (χ3v) is 3.29. The molecule has 1 unspecified atom stereocenters. The van der Waals surface area contributed by atoms with E-state index in [-0.39, 0.29) is 18.5 Å². The van der Waals surface area contributed by atoms with Gasteiger partial charge in [-0.1, -0.05) is 13.8 Å². The first-order valence-electron chi connectivity index (χ1n) is 6.84. The molecule has 0 aromatic heterocycles. The monoisotopic (exact) mass is 256 g/mol. The highest BCUT2D eigenvalue weighted by atomic mass is 16.4. The van der Waals surface area contributed by atoms with E-state index < -0.39 is 5.97 Å². The summed E-state index contributed by atoms with van der Waals surface area (Å²) in [5, 5.41) is 8.86. The van der Waals surface area contributed by atoms with Gasteiger partial charge in [-0.3, -0.25) is 14.5 Å². The second kappa shape index (κ2) is 7.36. The van der Waals surface area contributed by atoms with E-state index >= 15 is 0 Å². The van der Waals surface area contributed by atoms with Crippen molar-refractivity contribution in [2.75, 3.05) is 26.2 Å². The quantitative estimate of drug-likeness (QED) is 0.743. The van der Waals surface area contributed by atoms with Crippen molar-refractivity contribution in [1.29, 1.82) is 0 Å². The summed E-state index contributed by atoms with van der Waals surface area (Å²) in [6, 6.07) is -0.101. The molecule has 0 bridgehead atoms. The number of carboxylic acids is 1. The summed E-state index contributed by atoms with van der Waals surface area (Å²) in [6.07, 6.45) is 3.71. The van der Waals surface area contributed by atoms with Crippen molar-refractivity contribution in [3.63, 3.8) is 0 Å². The van der Waals surface area contributed by atoms with Crippen LogP contribution < -0.4 is 0 Å². The van der Waals surface area contributed by atoms with E-state index in [4.69, 9.17) is 5.11 Å². The molecule has 1 fully saturated rings. The number of likely N-dealkylation sites (tertiary alicyclic amines) is 1. The summed E-state index contributed by atoms with van der Waals surface area (Å²) >= 11 is 0. The van der Waals surface area contributed by atoms with Crippen molar-refractivity contribution >= 4 is 11.9 Å². The molecule has 0 spiro atoms. The lowest BCUT2D eigenvalue weighted by Gasteiger charge is -2.29. The van der Waals surface area contributed by atoms with Crippen molar-refractivity contribution in [2.24, 2.45) is 0 Å². The smallest absolute Gasteiger partial charge is 0.323 e. The van der Waals surface area contributed by atoms with Gasteiger partial charge < -0.3 is 10.0 Å². The zero-order valence-corrected chi connectivity index (χ0v) is 11.4. The van der Waals surface area contributed by atoms with Crippen LogP contribution in [0.25, 0.3) is 0 Å². The highest BCUT2D eigenvalue weighted by Crippen LogP contribution is 2.19. The lowest BCUT2D eigenvalue weighted by atomic mass is 10.2. The Hall–Kier alpha value is -1.10. The van der Waals surface area contributed by atoms with Crippen molar-refractivity contribution in [3.05, 3.63) is 0 Å². The number of nitrogens with zero attached hydrogens (tertiary/aromatic N) is 2. The normalized spacial score (nSPS) is 20.0. The molecule has 5 heteroatoms. The van der Waals surface area contributed by atoms with Gasteiger partial charge in [0.05, 0.1) is 6.04 Å². The SMILES string of the molecule is CCCN(CC(=O)O)C(=O)C1CCCN1CCC. The number of aliphatic carboxylic acids is 1. The summed E-state index contributed by atoms with van der Waals surface area (Å²) in [4.78, 5) is 26.9. The topological polar surface area (TPSA) is 60.9 Å². The van der Waals surface area contributed by atoms with Gasteiger partial charge in [-0.05, 0) is 38.8 Å². The van der Waals surface area contributed by atoms with Crippen LogP contribution in [-0.4, -0.2) is 59.0 Å². The van der Waals surface area contributed by atoms with Crippen molar-refractivity contribution in [2.45, 2.75) is 45.6 Å². The molecule has 0 radical (unpaired) electrons. The number of carbonyl (C=O) groups excluding carboxylic acids is 1. The Balaban J connectivity index is 2.65. The van der Waals surface area contributed by atoms with E-state index in [1.54, 1.807) is 0 Å². The molecular formula is C13H24N2O3. The first kappa shape index (κ1) is 15.0. The molecule has 1 atom stereocenters. The van der Waals surface area contributed by atoms with E-state index in [1.807, 2.05) is 6.92 Å². The Labute approximate surface area is 109 Å². The molecule has 1 aliphatic rings. The highest BCUT2D eigenvalue weighted by Gasteiger charge is 2.33. The van der Waals surface area contributed by atoms with Crippen molar-refractivity contribution < 1.29 is 14.7 Å². The fourth-order valence-electron chi connectivity index (χ4n) is 2.57. The van der Waals surface area contributed by atoms with Crippen LogP contribution in [0.2, 0.25) is 0 Å². The third kappa shape index (κ3) is 3.98. The molecule has 1 rings (SSSR count). The van der Waals surface area contributed by atoms with Crippen molar-refractivity contribution in [1.82, 2.24) is 9.80 Å². The van der Waals surface area contributed by atoms with Gasteiger partial charge in [-0.2, -0.15) is 0 Å². The van der Waals surface area contributed by atoms with Crippen LogP contribution in [0.4, 0.5) is 0 Å². The molecule has 0 aromatic rings. The minimum Gasteiger partial charge on any atom is -0.480 e. The second-order valence-corrected chi connectivity index (χ2v) is 4.85. The molecule has 0 saturated carbocycles. The lowest BCUT2D eigenvalue weighted by molar-refractivity contribution is -0.146. The van der Waals surface area contributed by atoms with E-state index in [0.29, 0.717) is 6.54 Å². The summed E-state index contributed by atoms with van der Waals surface area (Å²) in [5.41, 5.74) is 0. The molecule has 1 heterocycles. The maximum atomic E-state index is 12.4. The van der Waals surface area contributed by atoms with E-state index in [9.17, 15) is 9.59 Å². The van der Waals surface area contributed by atoms with E-state index in [0.717, 1.165) is 38.8 Å². The average Bonchev–Trinajstić information content (AvgIpc) is 2.76. The molecule has 18 heavy (non-hydrogen) atoms. The van der Waals surface area contributed by atoms with Crippen LogP contribution in [-0.2, 0) is 9.59 Å². The highest BCUT2D eigenvalue weighted by molar-refractivity contribution is 5.85. The maximum Gasteiger partial charge on any atom is 0.323 e. The molecule has 5 nitrogen and oxygen atoms in total. The van der Waals surface area contributed by atoms with Gasteiger partial charge in [-0.15, -0.1) is 0 Å². The Morgan fingerprint density at radius 2 is 2.06 bits per heavy atom. The van der Waals surface area contributed by atoms with Gasteiger partial charge in [0.1, 0.15) is 6.54 Å². The minimum atomic E-state index is -0.933. The Bertz CT molecular complexity index is 294. The molecule has 1 N–H and O–H groups in total. The van der Waals surface area contributed by atoms with Gasteiger partial charge in [0.15, 0.2) is 0 Å². The number of hydrogen-bond donors (Lipinski definition) is 1. The first-order valence-corrected chi connectivity index (χ1v) is 6.84. The number of hydrogen-bond acceptors (Lipinski definition) is 3. The van der Waals surface area contributed by atoms with Gasteiger partial charge in [0.25, 0.3) is 0 Å². The largest absolute Gasteiger partial charge is 0.480 e. The summed E-state index contributed by atoms with van der Waals surface area (Å²) in [5.74, 6) is -0.943. The van der Waals surface area contributed by atoms with Crippen LogP contribution in [0.15, 0.2) is 0 Å².